The number of carbonyl (C=O) groups excluding carboxylic acids is 1. The van der Waals surface area contributed by atoms with E-state index in [1.165, 1.54) is 36.4 Å². The van der Waals surface area contributed by atoms with Crippen LogP contribution < -0.4 is 14.8 Å². The molecule has 0 aliphatic rings. The van der Waals surface area contributed by atoms with E-state index in [0.717, 1.165) is 42.4 Å². The first-order valence-corrected chi connectivity index (χ1v) is 24.5. The molecule has 3 rings (SSSR count). The van der Waals surface area contributed by atoms with Crippen LogP contribution in [0, 0.1) is 20.8 Å². The van der Waals surface area contributed by atoms with Crippen LogP contribution in [0.2, 0.25) is 0 Å². The maximum absolute atomic E-state index is 13.7. The summed E-state index contributed by atoms with van der Waals surface area (Å²) in [5, 5.41) is 2.88. The Morgan fingerprint density at radius 1 is 0.554 bits per heavy atom. The minimum atomic E-state index is -3.87. The van der Waals surface area contributed by atoms with Gasteiger partial charge in [-0.1, -0.05) is 118 Å². The van der Waals surface area contributed by atoms with Crippen molar-refractivity contribution in [1.29, 1.82) is 0 Å². The lowest BCUT2D eigenvalue weighted by Crippen LogP contribution is -2.40. The molecule has 1 amide bonds. The number of unbranched alkanes of at least 4 members (excludes halogenated alkanes) is 9. The van der Waals surface area contributed by atoms with Gasteiger partial charge in [0.1, 0.15) is 0 Å². The van der Waals surface area contributed by atoms with Crippen LogP contribution in [0.15, 0.2) is 87.5 Å². The second-order valence-electron chi connectivity index (χ2n) is 14.8. The normalized spacial score (nSPS) is 12.9. The van der Waals surface area contributed by atoms with Gasteiger partial charge in [0.15, 0.2) is 0 Å². The smallest absolute Gasteiger partial charge is 0.243 e. The number of rotatable bonds is 28. The van der Waals surface area contributed by atoms with Crippen molar-refractivity contribution in [2.24, 2.45) is 0 Å². The van der Waals surface area contributed by atoms with Crippen LogP contribution in [-0.2, 0) is 34.9 Å². The molecule has 0 saturated carbocycles. The Morgan fingerprint density at radius 3 is 1.55 bits per heavy atom. The van der Waals surface area contributed by atoms with Gasteiger partial charge in [0, 0.05) is 38.6 Å². The summed E-state index contributed by atoms with van der Waals surface area (Å²) in [6.07, 6.45) is 11.8. The topological polar surface area (TPSA) is 159 Å². The molecule has 3 aromatic carbocycles. The molecule has 0 saturated heterocycles. The largest absolute Gasteiger partial charge is 0.356 e. The first-order chi connectivity index (χ1) is 26.6. The van der Waals surface area contributed by atoms with Gasteiger partial charge in [-0.05, 0) is 82.9 Å². The van der Waals surface area contributed by atoms with E-state index >= 15 is 0 Å². The lowest BCUT2D eigenvalue weighted by atomic mass is 10.0. The second-order valence-corrected chi connectivity index (χ2v) is 20.2. The molecule has 0 spiro atoms. The highest BCUT2D eigenvalue weighted by Crippen LogP contribution is 2.19. The zero-order chi connectivity index (χ0) is 41.0. The van der Waals surface area contributed by atoms with Crippen molar-refractivity contribution >= 4 is 36.0 Å². The highest BCUT2D eigenvalue weighted by atomic mass is 32.2. The molecular formula is C42H64N4O7S3. The van der Waals surface area contributed by atoms with Crippen molar-refractivity contribution in [2.75, 3.05) is 26.2 Å². The molecule has 0 unspecified atom stereocenters. The fourth-order valence-corrected chi connectivity index (χ4v) is 10.2. The van der Waals surface area contributed by atoms with Gasteiger partial charge in [-0.15, -0.1) is 0 Å². The van der Waals surface area contributed by atoms with Crippen LogP contribution in [0.5, 0.6) is 0 Å². The third-order valence-corrected chi connectivity index (χ3v) is 14.7. The molecule has 3 N–H and O–H groups in total. The molecule has 0 heterocycles. The highest BCUT2D eigenvalue weighted by molar-refractivity contribution is 7.90. The number of sulfonamides is 3. The van der Waals surface area contributed by atoms with Gasteiger partial charge in [0.2, 0.25) is 36.0 Å². The van der Waals surface area contributed by atoms with E-state index in [1.807, 2.05) is 20.8 Å². The van der Waals surface area contributed by atoms with E-state index in [9.17, 15) is 30.0 Å². The maximum Gasteiger partial charge on any atom is 0.243 e. The van der Waals surface area contributed by atoms with E-state index in [0.29, 0.717) is 25.7 Å². The molecule has 56 heavy (non-hydrogen) atoms. The van der Waals surface area contributed by atoms with E-state index in [4.69, 9.17) is 0 Å². The number of nitrogens with one attached hydrogen (secondary N) is 3. The first-order valence-electron chi connectivity index (χ1n) is 20.1. The summed E-state index contributed by atoms with van der Waals surface area (Å²) in [6.45, 7) is 8.49. The molecule has 312 valence electrons. The molecule has 0 aliphatic heterocycles. The highest BCUT2D eigenvalue weighted by Gasteiger charge is 2.25. The molecule has 0 aliphatic carbocycles. The van der Waals surface area contributed by atoms with Gasteiger partial charge >= 0.3 is 0 Å². The van der Waals surface area contributed by atoms with Gasteiger partial charge in [0.05, 0.1) is 14.7 Å². The summed E-state index contributed by atoms with van der Waals surface area (Å²) in [5.74, 6) is -0.314. The molecule has 3 aromatic rings. The minimum absolute atomic E-state index is 0.0357. The summed E-state index contributed by atoms with van der Waals surface area (Å²) in [4.78, 5) is 13.7. The molecular weight excluding hydrogens is 769 g/mol. The lowest BCUT2D eigenvalue weighted by molar-refractivity contribution is -0.121. The van der Waals surface area contributed by atoms with Gasteiger partial charge in [-0.25, -0.2) is 34.7 Å². The Hall–Kier alpha value is -3.14. The summed E-state index contributed by atoms with van der Waals surface area (Å²) in [7, 11) is -11.4. The van der Waals surface area contributed by atoms with Crippen molar-refractivity contribution in [3.63, 3.8) is 0 Å². The van der Waals surface area contributed by atoms with Gasteiger partial charge in [0.25, 0.3) is 0 Å². The Kier molecular flexibility index (Phi) is 20.2. The van der Waals surface area contributed by atoms with Crippen molar-refractivity contribution < 1.29 is 30.0 Å². The summed E-state index contributed by atoms with van der Waals surface area (Å²) < 4.78 is 86.1. The standard InChI is InChI=1S/C42H64N4O7S3/c1-5-6-7-8-9-10-11-12-13-17-38(45-55(50,51)40-26-20-36(3)21-27-40)34-42(47)43-30-16-33-46(56(52,53)41-28-22-37(4)23-29-41)32-15-14-31-44-54(48,49)39-24-18-35(2)19-25-39/h18-29,38,44-45H,5-17,30-34H2,1-4H3,(H,43,47)/t38-/m1/s1. The zero-order valence-electron chi connectivity index (χ0n) is 33.8. The predicted octanol–water partition coefficient (Wildman–Crippen LogP) is 7.53. The molecule has 0 aromatic heterocycles. The average molecular weight is 833 g/mol. The van der Waals surface area contributed by atoms with E-state index in [-0.39, 0.29) is 53.2 Å². The number of nitrogens with zero attached hydrogens (tertiary/aromatic N) is 1. The van der Waals surface area contributed by atoms with E-state index in [2.05, 4.69) is 21.7 Å². The van der Waals surface area contributed by atoms with Crippen LogP contribution in [0.4, 0.5) is 0 Å². The number of hydrogen-bond acceptors (Lipinski definition) is 7. The fraction of sp³-hybridized carbons (Fsp3) is 0.548. The predicted molar refractivity (Wildman–Crippen MR) is 225 cm³/mol. The van der Waals surface area contributed by atoms with Gasteiger partial charge < -0.3 is 5.32 Å². The van der Waals surface area contributed by atoms with Crippen LogP contribution in [0.1, 0.15) is 114 Å². The Morgan fingerprint density at radius 2 is 1.02 bits per heavy atom. The fourth-order valence-electron chi connectivity index (χ4n) is 6.32. The quantitative estimate of drug-likeness (QED) is 0.0639. The minimum Gasteiger partial charge on any atom is -0.356 e. The third kappa shape index (κ3) is 16.8. The maximum atomic E-state index is 13.7. The monoisotopic (exact) mass is 832 g/mol. The van der Waals surface area contributed by atoms with Crippen LogP contribution in [-0.4, -0.2) is 67.7 Å². The van der Waals surface area contributed by atoms with E-state index in [1.54, 1.807) is 72.8 Å². The Balaban J connectivity index is 1.56. The van der Waals surface area contributed by atoms with Crippen LogP contribution >= 0.6 is 0 Å². The molecule has 11 nitrogen and oxygen atoms in total. The number of hydrogen-bond donors (Lipinski definition) is 3. The molecule has 0 bridgehead atoms. The van der Waals surface area contributed by atoms with Crippen molar-refractivity contribution in [1.82, 2.24) is 19.1 Å². The molecule has 14 heteroatoms. The van der Waals surface area contributed by atoms with Crippen molar-refractivity contribution in [2.45, 2.75) is 138 Å². The average Bonchev–Trinajstić information content (AvgIpc) is 3.15. The number of amides is 1. The summed E-state index contributed by atoms with van der Waals surface area (Å²) in [5.41, 5.74) is 2.82. The number of carbonyl (C=O) groups is 1. The Labute approximate surface area is 337 Å². The molecule has 0 fully saturated rings. The van der Waals surface area contributed by atoms with E-state index < -0.39 is 36.1 Å². The summed E-state index contributed by atoms with van der Waals surface area (Å²) in [6, 6.07) is 19.2. The zero-order valence-corrected chi connectivity index (χ0v) is 36.2. The summed E-state index contributed by atoms with van der Waals surface area (Å²) >= 11 is 0. The SMILES string of the molecule is CCCCCCCCCCC[C@H](CC(=O)NCCCN(CCCCNS(=O)(=O)c1ccc(C)cc1)S(=O)(=O)c1ccc(C)cc1)NS(=O)(=O)c1ccc(C)cc1. The molecule has 1 atom stereocenters. The Bertz CT molecular complexity index is 1940. The van der Waals surface area contributed by atoms with Crippen molar-refractivity contribution in [3.8, 4) is 0 Å². The van der Waals surface area contributed by atoms with Gasteiger partial charge in [-0.2, -0.15) is 4.31 Å². The number of aryl methyl sites for hydroxylation is 3. The van der Waals surface area contributed by atoms with Crippen LogP contribution in [0.3, 0.4) is 0 Å². The number of benzene rings is 3. The first kappa shape index (κ1) is 47.2. The van der Waals surface area contributed by atoms with Crippen LogP contribution in [0.25, 0.3) is 0 Å². The van der Waals surface area contributed by atoms with Gasteiger partial charge in [-0.3, -0.25) is 4.79 Å². The lowest BCUT2D eigenvalue weighted by Gasteiger charge is -2.23. The molecule has 0 radical (unpaired) electrons. The van der Waals surface area contributed by atoms with Crippen molar-refractivity contribution in [3.05, 3.63) is 89.5 Å². The second kappa shape index (κ2) is 23.9. The third-order valence-electron chi connectivity index (χ3n) is 9.76.